The van der Waals surface area contributed by atoms with Gasteiger partial charge in [0.25, 0.3) is 0 Å². The predicted octanol–water partition coefficient (Wildman–Crippen LogP) is 2.42. The predicted molar refractivity (Wildman–Crippen MR) is 69.7 cm³/mol. The SMILES string of the molecule is CC1(C)O[C@@H]2[C@@H](CO[C@H]2C(F)OCc2ccccc2)O1. The molecule has 3 rings (SSSR count). The topological polar surface area (TPSA) is 36.9 Å². The second-order valence-corrected chi connectivity index (χ2v) is 5.58. The van der Waals surface area contributed by atoms with E-state index in [4.69, 9.17) is 18.9 Å². The standard InChI is InChI=1S/C15H19FO4/c1-15(2)19-11-9-17-13(12(11)20-15)14(16)18-8-10-6-4-3-5-7-10/h3-7,11-14H,8-9H2,1-2H3/t11-,12-,13-,14?/m1/s1. The van der Waals surface area contributed by atoms with Crippen molar-refractivity contribution in [3.8, 4) is 0 Å². The maximum atomic E-state index is 14.2. The lowest BCUT2D eigenvalue weighted by molar-refractivity contribution is -0.205. The fourth-order valence-corrected chi connectivity index (χ4v) is 2.64. The summed E-state index contributed by atoms with van der Waals surface area (Å²) < 4.78 is 36.2. The van der Waals surface area contributed by atoms with Crippen molar-refractivity contribution in [3.63, 3.8) is 0 Å². The van der Waals surface area contributed by atoms with Crippen molar-refractivity contribution in [1.29, 1.82) is 0 Å². The molecule has 2 aliphatic heterocycles. The lowest BCUT2D eigenvalue weighted by Gasteiger charge is -2.23. The Kier molecular flexibility index (Phi) is 3.77. The van der Waals surface area contributed by atoms with Crippen molar-refractivity contribution in [3.05, 3.63) is 35.9 Å². The van der Waals surface area contributed by atoms with Crippen LogP contribution >= 0.6 is 0 Å². The third-order valence-corrected chi connectivity index (χ3v) is 3.51. The number of halogens is 1. The van der Waals surface area contributed by atoms with E-state index in [2.05, 4.69) is 0 Å². The molecule has 0 radical (unpaired) electrons. The molecule has 0 bridgehead atoms. The quantitative estimate of drug-likeness (QED) is 0.850. The Morgan fingerprint density at radius 2 is 2.05 bits per heavy atom. The number of benzene rings is 1. The zero-order valence-corrected chi connectivity index (χ0v) is 11.6. The van der Waals surface area contributed by atoms with Crippen molar-refractivity contribution in [2.24, 2.45) is 0 Å². The molecule has 4 nitrogen and oxygen atoms in total. The summed E-state index contributed by atoms with van der Waals surface area (Å²) in [5.41, 5.74) is 0.925. The Morgan fingerprint density at radius 3 is 2.80 bits per heavy atom. The van der Waals surface area contributed by atoms with Gasteiger partial charge in [0, 0.05) is 0 Å². The van der Waals surface area contributed by atoms with Gasteiger partial charge in [0.05, 0.1) is 13.2 Å². The third-order valence-electron chi connectivity index (χ3n) is 3.51. The fourth-order valence-electron chi connectivity index (χ4n) is 2.64. The van der Waals surface area contributed by atoms with Crippen LogP contribution < -0.4 is 0 Å². The molecule has 0 N–H and O–H groups in total. The maximum absolute atomic E-state index is 14.2. The average molecular weight is 282 g/mol. The minimum atomic E-state index is -1.53. The molecule has 0 spiro atoms. The first-order valence-electron chi connectivity index (χ1n) is 6.82. The summed E-state index contributed by atoms with van der Waals surface area (Å²) in [4.78, 5) is 0. The molecular formula is C15H19FO4. The third kappa shape index (κ3) is 2.86. The van der Waals surface area contributed by atoms with Gasteiger partial charge in [0.2, 0.25) is 6.36 Å². The lowest BCUT2D eigenvalue weighted by atomic mass is 10.1. The zero-order valence-electron chi connectivity index (χ0n) is 11.6. The molecule has 2 heterocycles. The van der Waals surface area contributed by atoms with Crippen LogP contribution in [0.2, 0.25) is 0 Å². The molecule has 0 saturated carbocycles. The van der Waals surface area contributed by atoms with Gasteiger partial charge in [-0.05, 0) is 19.4 Å². The first-order chi connectivity index (χ1) is 9.55. The van der Waals surface area contributed by atoms with Gasteiger partial charge in [-0.2, -0.15) is 0 Å². The van der Waals surface area contributed by atoms with E-state index in [1.807, 2.05) is 44.2 Å². The average Bonchev–Trinajstić information content (AvgIpc) is 2.92. The Hall–Kier alpha value is -1.01. The van der Waals surface area contributed by atoms with Crippen LogP contribution in [0, 0.1) is 0 Å². The number of fused-ring (bicyclic) bond motifs is 1. The van der Waals surface area contributed by atoms with Crippen LogP contribution in [-0.4, -0.2) is 37.1 Å². The van der Waals surface area contributed by atoms with E-state index in [1.165, 1.54) is 0 Å². The van der Waals surface area contributed by atoms with Gasteiger partial charge in [-0.3, -0.25) is 0 Å². The molecule has 0 aromatic heterocycles. The molecule has 1 aromatic rings. The molecular weight excluding hydrogens is 263 g/mol. The Bertz CT molecular complexity index is 450. The van der Waals surface area contributed by atoms with E-state index in [1.54, 1.807) is 0 Å². The number of hydrogen-bond acceptors (Lipinski definition) is 4. The highest BCUT2D eigenvalue weighted by Crippen LogP contribution is 2.37. The van der Waals surface area contributed by atoms with E-state index in [0.717, 1.165) is 5.56 Å². The minimum absolute atomic E-state index is 0.212. The molecule has 5 heteroatoms. The summed E-state index contributed by atoms with van der Waals surface area (Å²) in [6.45, 7) is 4.19. The van der Waals surface area contributed by atoms with E-state index >= 15 is 0 Å². The van der Waals surface area contributed by atoms with Crippen LogP contribution in [0.25, 0.3) is 0 Å². The molecule has 20 heavy (non-hydrogen) atoms. The van der Waals surface area contributed by atoms with E-state index < -0.39 is 24.4 Å². The van der Waals surface area contributed by atoms with E-state index in [0.29, 0.717) is 6.61 Å². The maximum Gasteiger partial charge on any atom is 0.228 e. The molecule has 2 fully saturated rings. The van der Waals surface area contributed by atoms with Crippen molar-refractivity contribution in [2.45, 2.75) is 50.9 Å². The molecule has 0 amide bonds. The van der Waals surface area contributed by atoms with Crippen LogP contribution in [0.15, 0.2) is 30.3 Å². The largest absolute Gasteiger partial charge is 0.367 e. The van der Waals surface area contributed by atoms with Crippen LogP contribution in [-0.2, 0) is 25.6 Å². The zero-order chi connectivity index (χ0) is 14.2. The summed E-state index contributed by atoms with van der Waals surface area (Å²) in [5.74, 6) is -0.684. The molecule has 1 unspecified atom stereocenters. The molecule has 1 aromatic carbocycles. The summed E-state index contributed by atoms with van der Waals surface area (Å²) in [6, 6.07) is 9.48. The van der Waals surface area contributed by atoms with Gasteiger partial charge in [0.1, 0.15) is 18.3 Å². The summed E-state index contributed by atoms with van der Waals surface area (Å²) in [7, 11) is 0. The van der Waals surface area contributed by atoms with Crippen LogP contribution in [0.5, 0.6) is 0 Å². The highest BCUT2D eigenvalue weighted by molar-refractivity contribution is 5.13. The van der Waals surface area contributed by atoms with Gasteiger partial charge in [-0.25, -0.2) is 4.39 Å². The highest BCUT2D eigenvalue weighted by Gasteiger charge is 2.53. The summed E-state index contributed by atoms with van der Waals surface area (Å²) in [6.07, 6.45) is -2.88. The smallest absolute Gasteiger partial charge is 0.228 e. The molecule has 2 saturated heterocycles. The van der Waals surface area contributed by atoms with Crippen molar-refractivity contribution in [2.75, 3.05) is 6.61 Å². The van der Waals surface area contributed by atoms with Gasteiger partial charge in [-0.1, -0.05) is 30.3 Å². The van der Waals surface area contributed by atoms with Crippen molar-refractivity contribution >= 4 is 0 Å². The monoisotopic (exact) mass is 282 g/mol. The van der Waals surface area contributed by atoms with E-state index in [-0.39, 0.29) is 12.7 Å². The molecule has 110 valence electrons. The lowest BCUT2D eigenvalue weighted by Crippen LogP contribution is -2.37. The van der Waals surface area contributed by atoms with Crippen LogP contribution in [0.3, 0.4) is 0 Å². The summed E-state index contributed by atoms with van der Waals surface area (Å²) in [5, 5.41) is 0. The molecule has 4 atom stereocenters. The number of alkyl halides is 1. The Labute approximate surface area is 117 Å². The molecule has 0 aliphatic carbocycles. The van der Waals surface area contributed by atoms with Gasteiger partial charge in [-0.15, -0.1) is 0 Å². The van der Waals surface area contributed by atoms with Crippen molar-refractivity contribution in [1.82, 2.24) is 0 Å². The second kappa shape index (κ2) is 5.41. The van der Waals surface area contributed by atoms with Crippen molar-refractivity contribution < 1.29 is 23.3 Å². The number of rotatable bonds is 4. The molecule has 2 aliphatic rings. The van der Waals surface area contributed by atoms with Crippen LogP contribution in [0.1, 0.15) is 19.4 Å². The number of ether oxygens (including phenoxy) is 4. The minimum Gasteiger partial charge on any atom is -0.367 e. The Balaban J connectivity index is 1.57. The van der Waals surface area contributed by atoms with Gasteiger partial charge < -0.3 is 18.9 Å². The summed E-state index contributed by atoms with van der Waals surface area (Å²) >= 11 is 0. The number of hydrogen-bond donors (Lipinski definition) is 0. The first-order valence-corrected chi connectivity index (χ1v) is 6.82. The normalized spacial score (nSPS) is 33.0. The second-order valence-electron chi connectivity index (χ2n) is 5.58. The van der Waals surface area contributed by atoms with E-state index in [9.17, 15) is 4.39 Å². The first kappa shape index (κ1) is 13.9. The fraction of sp³-hybridized carbons (Fsp3) is 0.600. The highest BCUT2D eigenvalue weighted by atomic mass is 19.1. The van der Waals surface area contributed by atoms with Gasteiger partial charge >= 0.3 is 0 Å². The van der Waals surface area contributed by atoms with Gasteiger partial charge in [0.15, 0.2) is 5.79 Å². The van der Waals surface area contributed by atoms with Crippen LogP contribution in [0.4, 0.5) is 4.39 Å². The Morgan fingerprint density at radius 1 is 1.30 bits per heavy atom.